The molecule has 1 aromatic carbocycles. The summed E-state index contributed by atoms with van der Waals surface area (Å²) in [5, 5.41) is 11.3. The summed E-state index contributed by atoms with van der Waals surface area (Å²) in [6, 6.07) is 5.06. The normalized spacial score (nSPS) is 19.2. The third kappa shape index (κ3) is 2.52. The molecule has 0 saturated carbocycles. The Morgan fingerprint density at radius 1 is 1.47 bits per heavy atom. The van der Waals surface area contributed by atoms with Crippen molar-refractivity contribution in [2.75, 3.05) is 13.1 Å². The second-order valence-corrected chi connectivity index (χ2v) is 3.83. The lowest BCUT2D eigenvalue weighted by Crippen LogP contribution is -2.32. The molecule has 1 unspecified atom stereocenters. The van der Waals surface area contributed by atoms with Gasteiger partial charge in [0.1, 0.15) is 12.4 Å². The summed E-state index contributed by atoms with van der Waals surface area (Å²) >= 11 is 0. The highest BCUT2D eigenvalue weighted by atomic mass is 19.1. The molecule has 2 amide bonds. The van der Waals surface area contributed by atoms with E-state index in [4.69, 9.17) is 5.11 Å². The van der Waals surface area contributed by atoms with E-state index in [2.05, 4.69) is 5.32 Å². The summed E-state index contributed by atoms with van der Waals surface area (Å²) in [5.41, 5.74) is 0.757. The number of rotatable bonds is 3. The molecule has 1 aromatic rings. The maximum atomic E-state index is 12.7. The monoisotopic (exact) mass is 238 g/mol. The van der Waals surface area contributed by atoms with Crippen LogP contribution in [0.15, 0.2) is 24.3 Å². The minimum atomic E-state index is -1.06. The number of carbonyl (C=O) groups excluding carboxylic acids is 1. The van der Waals surface area contributed by atoms with Crippen molar-refractivity contribution in [3.05, 3.63) is 35.6 Å². The lowest BCUT2D eigenvalue weighted by molar-refractivity contribution is -0.137. The Hall–Kier alpha value is -2.11. The van der Waals surface area contributed by atoms with Crippen molar-refractivity contribution in [1.82, 2.24) is 10.2 Å². The van der Waals surface area contributed by atoms with E-state index in [9.17, 15) is 14.0 Å². The highest BCUT2D eigenvalue weighted by molar-refractivity contribution is 5.82. The van der Waals surface area contributed by atoms with Gasteiger partial charge in [-0.05, 0) is 17.7 Å². The van der Waals surface area contributed by atoms with Crippen molar-refractivity contribution in [2.45, 2.75) is 6.04 Å². The zero-order valence-corrected chi connectivity index (χ0v) is 8.89. The first kappa shape index (κ1) is 11.4. The topological polar surface area (TPSA) is 69.6 Å². The fourth-order valence-corrected chi connectivity index (χ4v) is 1.77. The number of aliphatic carboxylic acids is 1. The number of hydrogen-bond donors (Lipinski definition) is 2. The van der Waals surface area contributed by atoms with Crippen LogP contribution in [0.2, 0.25) is 0 Å². The van der Waals surface area contributed by atoms with Crippen LogP contribution in [0.3, 0.4) is 0 Å². The minimum Gasteiger partial charge on any atom is -0.480 e. The molecule has 2 rings (SSSR count). The molecule has 5 nitrogen and oxygen atoms in total. The Labute approximate surface area is 96.8 Å². The van der Waals surface area contributed by atoms with Crippen molar-refractivity contribution in [3.63, 3.8) is 0 Å². The van der Waals surface area contributed by atoms with Gasteiger partial charge >= 0.3 is 12.0 Å². The van der Waals surface area contributed by atoms with Crippen molar-refractivity contribution in [1.29, 1.82) is 0 Å². The van der Waals surface area contributed by atoms with Gasteiger partial charge in [0.25, 0.3) is 0 Å². The molecule has 6 heteroatoms. The maximum absolute atomic E-state index is 12.7. The lowest BCUT2D eigenvalue weighted by Gasteiger charge is -2.11. The third-order valence-corrected chi connectivity index (χ3v) is 2.59. The number of halogens is 1. The molecule has 1 aliphatic rings. The number of carboxylic acid groups (broad SMARTS) is 1. The SMILES string of the molecule is O=C(O)CN1CC(c2ccc(F)cc2)NC1=O. The van der Waals surface area contributed by atoms with Crippen LogP contribution in [-0.4, -0.2) is 35.1 Å². The van der Waals surface area contributed by atoms with E-state index in [1.165, 1.54) is 17.0 Å². The number of hydrogen-bond acceptors (Lipinski definition) is 2. The molecule has 1 aliphatic heterocycles. The first-order valence-electron chi connectivity index (χ1n) is 5.09. The van der Waals surface area contributed by atoms with Gasteiger partial charge in [0, 0.05) is 6.54 Å². The summed E-state index contributed by atoms with van der Waals surface area (Å²) in [6.07, 6.45) is 0. The van der Waals surface area contributed by atoms with Crippen molar-refractivity contribution in [2.24, 2.45) is 0 Å². The van der Waals surface area contributed by atoms with Gasteiger partial charge in [0.05, 0.1) is 6.04 Å². The standard InChI is InChI=1S/C11H11FN2O3/c12-8-3-1-7(2-4-8)9-5-14(6-10(15)16)11(17)13-9/h1-4,9H,5-6H2,(H,13,17)(H,15,16). The Balaban J connectivity index is 2.08. The lowest BCUT2D eigenvalue weighted by atomic mass is 10.1. The second kappa shape index (κ2) is 4.40. The molecule has 1 atom stereocenters. The van der Waals surface area contributed by atoms with E-state index in [1.807, 2.05) is 0 Å². The van der Waals surface area contributed by atoms with E-state index < -0.39 is 12.0 Å². The summed E-state index contributed by atoms with van der Waals surface area (Å²) in [7, 11) is 0. The summed E-state index contributed by atoms with van der Waals surface area (Å²) in [6.45, 7) is -0.0553. The number of benzene rings is 1. The number of urea groups is 1. The third-order valence-electron chi connectivity index (χ3n) is 2.59. The van der Waals surface area contributed by atoms with Crippen LogP contribution in [0.25, 0.3) is 0 Å². The summed E-state index contributed by atoms with van der Waals surface area (Å²) in [5.74, 6) is -1.40. The van der Waals surface area contributed by atoms with Gasteiger partial charge in [-0.25, -0.2) is 9.18 Å². The predicted octanol–water partition coefficient (Wildman–Crippen LogP) is 0.977. The van der Waals surface area contributed by atoms with Crippen LogP contribution in [-0.2, 0) is 4.79 Å². The molecule has 0 aromatic heterocycles. The largest absolute Gasteiger partial charge is 0.480 e. The molecular formula is C11H11FN2O3. The fourth-order valence-electron chi connectivity index (χ4n) is 1.77. The number of carboxylic acids is 1. The van der Waals surface area contributed by atoms with E-state index in [-0.39, 0.29) is 24.9 Å². The van der Waals surface area contributed by atoms with Gasteiger partial charge in [-0.1, -0.05) is 12.1 Å². The molecule has 0 radical (unpaired) electrons. The number of nitrogens with zero attached hydrogens (tertiary/aromatic N) is 1. The zero-order chi connectivity index (χ0) is 12.4. The Bertz CT molecular complexity index is 447. The van der Waals surface area contributed by atoms with Crippen molar-refractivity contribution in [3.8, 4) is 0 Å². The van der Waals surface area contributed by atoms with E-state index in [1.54, 1.807) is 12.1 Å². The highest BCUT2D eigenvalue weighted by Crippen LogP contribution is 2.20. The van der Waals surface area contributed by atoms with Crippen LogP contribution in [0.5, 0.6) is 0 Å². The zero-order valence-electron chi connectivity index (χ0n) is 8.89. The van der Waals surface area contributed by atoms with Gasteiger partial charge in [-0.3, -0.25) is 4.79 Å². The molecule has 1 fully saturated rings. The molecule has 1 heterocycles. The van der Waals surface area contributed by atoms with E-state index in [0.717, 1.165) is 5.56 Å². The van der Waals surface area contributed by atoms with Gasteiger partial charge in [0.2, 0.25) is 0 Å². The minimum absolute atomic E-state index is 0.275. The predicted molar refractivity (Wildman–Crippen MR) is 56.9 cm³/mol. The first-order valence-corrected chi connectivity index (χ1v) is 5.09. The average Bonchev–Trinajstić information content (AvgIpc) is 2.60. The van der Waals surface area contributed by atoms with Gasteiger partial charge in [-0.15, -0.1) is 0 Å². The smallest absolute Gasteiger partial charge is 0.323 e. The molecule has 0 bridgehead atoms. The van der Waals surface area contributed by atoms with Crippen LogP contribution in [0, 0.1) is 5.82 Å². The van der Waals surface area contributed by atoms with Crippen LogP contribution in [0.4, 0.5) is 9.18 Å². The molecule has 90 valence electrons. The Morgan fingerprint density at radius 2 is 2.12 bits per heavy atom. The van der Waals surface area contributed by atoms with Crippen molar-refractivity contribution >= 4 is 12.0 Å². The summed E-state index contributed by atoms with van der Waals surface area (Å²) < 4.78 is 12.7. The molecule has 0 aliphatic carbocycles. The van der Waals surface area contributed by atoms with Crippen LogP contribution < -0.4 is 5.32 Å². The van der Waals surface area contributed by atoms with E-state index in [0.29, 0.717) is 0 Å². The fraction of sp³-hybridized carbons (Fsp3) is 0.273. The molecular weight excluding hydrogens is 227 g/mol. The number of carbonyl (C=O) groups is 2. The second-order valence-electron chi connectivity index (χ2n) is 3.83. The molecule has 2 N–H and O–H groups in total. The molecule has 17 heavy (non-hydrogen) atoms. The quantitative estimate of drug-likeness (QED) is 0.824. The first-order chi connectivity index (χ1) is 8.06. The molecule has 0 spiro atoms. The molecule has 1 saturated heterocycles. The Kier molecular flexibility index (Phi) is 2.95. The van der Waals surface area contributed by atoms with Crippen LogP contribution >= 0.6 is 0 Å². The summed E-state index contributed by atoms with van der Waals surface area (Å²) in [4.78, 5) is 23.2. The Morgan fingerprint density at radius 3 is 2.71 bits per heavy atom. The average molecular weight is 238 g/mol. The van der Waals surface area contributed by atoms with Crippen LogP contribution in [0.1, 0.15) is 11.6 Å². The number of amides is 2. The highest BCUT2D eigenvalue weighted by Gasteiger charge is 2.30. The van der Waals surface area contributed by atoms with Gasteiger partial charge in [-0.2, -0.15) is 0 Å². The number of nitrogens with one attached hydrogen (secondary N) is 1. The van der Waals surface area contributed by atoms with Crippen molar-refractivity contribution < 1.29 is 19.1 Å². The van der Waals surface area contributed by atoms with Gasteiger partial charge < -0.3 is 15.3 Å². The van der Waals surface area contributed by atoms with E-state index >= 15 is 0 Å². The van der Waals surface area contributed by atoms with Gasteiger partial charge in [0.15, 0.2) is 0 Å². The maximum Gasteiger partial charge on any atom is 0.323 e.